The third kappa shape index (κ3) is 2.36. The van der Waals surface area contributed by atoms with Crippen molar-refractivity contribution in [2.45, 2.75) is 6.92 Å². The third-order valence-electron chi connectivity index (χ3n) is 1.94. The lowest BCUT2D eigenvalue weighted by molar-refractivity contribution is 0.451. The minimum absolute atomic E-state index is 0.324. The Labute approximate surface area is 100 Å². The highest BCUT2D eigenvalue weighted by molar-refractivity contribution is 9.10. The first-order chi connectivity index (χ1) is 7.66. The van der Waals surface area contributed by atoms with Gasteiger partial charge in [-0.1, -0.05) is 0 Å². The van der Waals surface area contributed by atoms with Crippen molar-refractivity contribution in [2.24, 2.45) is 0 Å². The van der Waals surface area contributed by atoms with Crippen LogP contribution >= 0.6 is 15.9 Å². The normalized spacial score (nSPS) is 10.2. The monoisotopic (exact) mass is 282 g/mol. The molecule has 0 aliphatic rings. The second-order valence-electron chi connectivity index (χ2n) is 3.12. The molecule has 0 fully saturated rings. The van der Waals surface area contributed by atoms with Gasteiger partial charge in [0.25, 0.3) is 0 Å². The fourth-order valence-electron chi connectivity index (χ4n) is 1.16. The Morgan fingerprint density at radius 3 is 2.69 bits per heavy atom. The molecule has 0 spiro atoms. The summed E-state index contributed by atoms with van der Waals surface area (Å²) >= 11 is 3.22. The van der Waals surface area contributed by atoms with Gasteiger partial charge in [-0.25, -0.2) is 9.37 Å². The molecular weight excluding hydrogens is 275 g/mol. The van der Waals surface area contributed by atoms with Gasteiger partial charge in [-0.05, 0) is 41.1 Å². The predicted molar refractivity (Wildman–Crippen MR) is 60.9 cm³/mol. The molecule has 1 heterocycles. The highest BCUT2D eigenvalue weighted by Gasteiger charge is 2.07. The molecule has 3 nitrogen and oxygen atoms in total. The van der Waals surface area contributed by atoms with Crippen LogP contribution in [0.25, 0.3) is 0 Å². The van der Waals surface area contributed by atoms with Gasteiger partial charge in [0.15, 0.2) is 0 Å². The van der Waals surface area contributed by atoms with E-state index in [-0.39, 0.29) is 5.82 Å². The fraction of sp³-hybridized carbons (Fsp3) is 0.0909. The summed E-state index contributed by atoms with van der Waals surface area (Å²) in [6.45, 7) is 1.79. The molecule has 16 heavy (non-hydrogen) atoms. The number of halogens is 2. The number of benzene rings is 1. The molecule has 1 aromatic heterocycles. The predicted octanol–water partition coefficient (Wildman–Crippen LogP) is 3.48. The smallest absolute Gasteiger partial charge is 0.240 e. The molecule has 0 aliphatic carbocycles. The van der Waals surface area contributed by atoms with Gasteiger partial charge in [0.05, 0.1) is 10.2 Å². The molecule has 0 bridgehead atoms. The SMILES string of the molecule is Cc1nccnc1Oc1ccc(F)cc1Br. The van der Waals surface area contributed by atoms with E-state index < -0.39 is 0 Å². The van der Waals surface area contributed by atoms with Crippen LogP contribution in [0.2, 0.25) is 0 Å². The molecule has 0 N–H and O–H groups in total. The summed E-state index contributed by atoms with van der Waals surface area (Å²) in [4.78, 5) is 8.08. The van der Waals surface area contributed by atoms with Gasteiger partial charge in [0, 0.05) is 12.4 Å². The van der Waals surface area contributed by atoms with Crippen molar-refractivity contribution < 1.29 is 9.13 Å². The number of nitrogens with zero attached hydrogens (tertiary/aromatic N) is 2. The van der Waals surface area contributed by atoms with E-state index in [4.69, 9.17) is 4.74 Å². The van der Waals surface area contributed by atoms with Crippen molar-refractivity contribution in [1.29, 1.82) is 0 Å². The molecule has 0 amide bonds. The zero-order valence-electron chi connectivity index (χ0n) is 8.45. The van der Waals surface area contributed by atoms with E-state index in [1.54, 1.807) is 19.3 Å². The zero-order valence-corrected chi connectivity index (χ0v) is 10.0. The molecule has 0 saturated heterocycles. The zero-order chi connectivity index (χ0) is 11.5. The van der Waals surface area contributed by atoms with E-state index >= 15 is 0 Å². The van der Waals surface area contributed by atoms with Crippen LogP contribution in [0.1, 0.15) is 5.69 Å². The summed E-state index contributed by atoms with van der Waals surface area (Å²) in [5.41, 5.74) is 0.679. The Balaban J connectivity index is 2.31. The van der Waals surface area contributed by atoms with Crippen LogP contribution in [0, 0.1) is 12.7 Å². The van der Waals surface area contributed by atoms with Crippen LogP contribution < -0.4 is 4.74 Å². The first-order valence-corrected chi connectivity index (χ1v) is 5.36. The number of rotatable bonds is 2. The minimum atomic E-state index is -0.324. The first-order valence-electron chi connectivity index (χ1n) is 4.57. The average Bonchev–Trinajstić information content (AvgIpc) is 2.25. The van der Waals surface area contributed by atoms with Crippen molar-refractivity contribution in [2.75, 3.05) is 0 Å². The van der Waals surface area contributed by atoms with Crippen LogP contribution in [0.15, 0.2) is 35.1 Å². The van der Waals surface area contributed by atoms with Crippen LogP contribution in [0.3, 0.4) is 0 Å². The fourth-order valence-corrected chi connectivity index (χ4v) is 1.59. The van der Waals surface area contributed by atoms with Crippen molar-refractivity contribution in [3.63, 3.8) is 0 Å². The molecule has 0 unspecified atom stereocenters. The van der Waals surface area contributed by atoms with Gasteiger partial charge in [0.2, 0.25) is 5.88 Å². The van der Waals surface area contributed by atoms with Gasteiger partial charge in [0.1, 0.15) is 11.6 Å². The molecule has 2 rings (SSSR count). The average molecular weight is 283 g/mol. The second-order valence-corrected chi connectivity index (χ2v) is 3.98. The van der Waals surface area contributed by atoms with Crippen molar-refractivity contribution >= 4 is 15.9 Å². The first kappa shape index (κ1) is 11.0. The number of ether oxygens (including phenoxy) is 1. The lowest BCUT2D eigenvalue weighted by atomic mass is 10.3. The van der Waals surface area contributed by atoms with Gasteiger partial charge < -0.3 is 4.74 Å². The highest BCUT2D eigenvalue weighted by Crippen LogP contribution is 2.29. The molecule has 5 heteroatoms. The Bertz CT molecular complexity index is 519. The highest BCUT2D eigenvalue weighted by atomic mass is 79.9. The summed E-state index contributed by atoms with van der Waals surface area (Å²) in [5.74, 6) is 0.593. The Kier molecular flexibility index (Phi) is 3.14. The van der Waals surface area contributed by atoms with Gasteiger partial charge >= 0.3 is 0 Å². The molecule has 82 valence electrons. The summed E-state index contributed by atoms with van der Waals surface area (Å²) in [6, 6.07) is 4.19. The van der Waals surface area contributed by atoms with Crippen LogP contribution in [-0.4, -0.2) is 9.97 Å². The largest absolute Gasteiger partial charge is 0.436 e. The topological polar surface area (TPSA) is 35.0 Å². The molecule has 1 aromatic carbocycles. The summed E-state index contributed by atoms with van der Waals surface area (Å²) in [5, 5.41) is 0. The molecular formula is C11H8BrFN2O. The molecule has 0 atom stereocenters. The van der Waals surface area contributed by atoms with E-state index in [9.17, 15) is 4.39 Å². The Hall–Kier alpha value is -1.49. The van der Waals surface area contributed by atoms with E-state index in [0.29, 0.717) is 21.8 Å². The van der Waals surface area contributed by atoms with E-state index in [1.807, 2.05) is 0 Å². The van der Waals surface area contributed by atoms with Gasteiger partial charge in [-0.3, -0.25) is 4.98 Å². The molecule has 0 saturated carbocycles. The van der Waals surface area contributed by atoms with E-state index in [2.05, 4.69) is 25.9 Å². The van der Waals surface area contributed by atoms with Crippen molar-refractivity contribution in [3.05, 3.63) is 46.6 Å². The maximum absolute atomic E-state index is 12.9. The van der Waals surface area contributed by atoms with Crippen LogP contribution in [-0.2, 0) is 0 Å². The van der Waals surface area contributed by atoms with E-state index in [0.717, 1.165) is 0 Å². The lowest BCUT2D eigenvalue weighted by Gasteiger charge is -2.07. The number of hydrogen-bond acceptors (Lipinski definition) is 3. The third-order valence-corrected chi connectivity index (χ3v) is 2.56. The summed E-state index contributed by atoms with van der Waals surface area (Å²) in [7, 11) is 0. The Morgan fingerprint density at radius 2 is 2.00 bits per heavy atom. The van der Waals surface area contributed by atoms with Crippen molar-refractivity contribution in [3.8, 4) is 11.6 Å². The molecule has 2 aromatic rings. The minimum Gasteiger partial charge on any atom is -0.436 e. The number of aryl methyl sites for hydroxylation is 1. The quantitative estimate of drug-likeness (QED) is 0.846. The lowest BCUT2D eigenvalue weighted by Crippen LogP contribution is -1.93. The number of aromatic nitrogens is 2. The second kappa shape index (κ2) is 4.57. The molecule has 0 aliphatic heterocycles. The maximum Gasteiger partial charge on any atom is 0.240 e. The van der Waals surface area contributed by atoms with Crippen LogP contribution in [0.5, 0.6) is 11.6 Å². The standard InChI is InChI=1S/C11H8BrFN2O/c1-7-11(15-5-4-14-7)16-10-3-2-8(13)6-9(10)12/h2-6H,1H3. The van der Waals surface area contributed by atoms with Gasteiger partial charge in [-0.2, -0.15) is 0 Å². The summed E-state index contributed by atoms with van der Waals surface area (Å²) < 4.78 is 18.9. The Morgan fingerprint density at radius 1 is 1.25 bits per heavy atom. The van der Waals surface area contributed by atoms with Crippen LogP contribution in [0.4, 0.5) is 4.39 Å². The number of hydrogen-bond donors (Lipinski definition) is 0. The van der Waals surface area contributed by atoms with Gasteiger partial charge in [-0.15, -0.1) is 0 Å². The maximum atomic E-state index is 12.9. The van der Waals surface area contributed by atoms with E-state index in [1.165, 1.54) is 18.2 Å². The van der Waals surface area contributed by atoms with Crippen molar-refractivity contribution in [1.82, 2.24) is 9.97 Å². The molecule has 0 radical (unpaired) electrons. The summed E-state index contributed by atoms with van der Waals surface area (Å²) in [6.07, 6.45) is 3.13.